The summed E-state index contributed by atoms with van der Waals surface area (Å²) in [5.74, 6) is 0.0987. The molecule has 0 radical (unpaired) electrons. The van der Waals surface area contributed by atoms with E-state index in [9.17, 15) is 9.90 Å². The normalized spacial score (nSPS) is 20.2. The summed E-state index contributed by atoms with van der Waals surface area (Å²) in [5, 5.41) is 9.37. The van der Waals surface area contributed by atoms with E-state index in [-0.39, 0.29) is 18.6 Å². The van der Waals surface area contributed by atoms with Crippen molar-refractivity contribution < 1.29 is 9.90 Å². The van der Waals surface area contributed by atoms with E-state index < -0.39 is 0 Å². The molecule has 1 aromatic heterocycles. The number of hydrogen-bond donors (Lipinski definition) is 1. The Bertz CT molecular complexity index is 427. The van der Waals surface area contributed by atoms with Crippen LogP contribution in [0.1, 0.15) is 46.3 Å². The number of rotatable bonds is 3. The molecule has 2 heterocycles. The van der Waals surface area contributed by atoms with Crippen molar-refractivity contribution in [2.75, 3.05) is 13.2 Å². The molecule has 0 bridgehead atoms. The molecule has 3 nitrogen and oxygen atoms in total. The van der Waals surface area contributed by atoms with Gasteiger partial charge in [-0.25, -0.2) is 0 Å². The Labute approximate surface area is 112 Å². The third-order valence-electron chi connectivity index (χ3n) is 3.71. The first kappa shape index (κ1) is 13.6. The van der Waals surface area contributed by atoms with E-state index >= 15 is 0 Å². The molecule has 1 aliphatic rings. The molecule has 1 fully saturated rings. The predicted molar refractivity (Wildman–Crippen MR) is 74.2 cm³/mol. The summed E-state index contributed by atoms with van der Waals surface area (Å²) in [6, 6.07) is 2.03. The maximum absolute atomic E-state index is 12.5. The number of likely N-dealkylation sites (tertiary alicyclic amines) is 1. The molecule has 1 unspecified atom stereocenters. The fraction of sp³-hybridized carbons (Fsp3) is 0.643. The van der Waals surface area contributed by atoms with Crippen molar-refractivity contribution in [2.24, 2.45) is 0 Å². The second kappa shape index (κ2) is 5.85. The molecule has 2 rings (SSSR count). The van der Waals surface area contributed by atoms with E-state index in [0.29, 0.717) is 0 Å². The number of piperidine rings is 1. The molecular formula is C14H21NO2S. The van der Waals surface area contributed by atoms with Crippen molar-refractivity contribution in [3.63, 3.8) is 0 Å². The molecule has 18 heavy (non-hydrogen) atoms. The molecule has 1 aromatic rings. The summed E-state index contributed by atoms with van der Waals surface area (Å²) in [5.41, 5.74) is 1.26. The molecule has 100 valence electrons. The highest BCUT2D eigenvalue weighted by Crippen LogP contribution is 2.26. The number of nitrogens with zero attached hydrogens (tertiary/aromatic N) is 1. The highest BCUT2D eigenvalue weighted by atomic mass is 32.1. The van der Waals surface area contributed by atoms with Crippen molar-refractivity contribution in [1.29, 1.82) is 0 Å². The lowest BCUT2D eigenvalue weighted by Crippen LogP contribution is -2.45. The number of carbonyl (C=O) groups excluding carboxylic acids is 1. The number of aryl methyl sites for hydroxylation is 2. The molecule has 0 aliphatic carbocycles. The van der Waals surface area contributed by atoms with Gasteiger partial charge in [0.1, 0.15) is 0 Å². The van der Waals surface area contributed by atoms with Crippen molar-refractivity contribution in [1.82, 2.24) is 4.90 Å². The molecule has 0 aromatic carbocycles. The van der Waals surface area contributed by atoms with Crippen molar-refractivity contribution in [3.05, 3.63) is 21.4 Å². The van der Waals surface area contributed by atoms with Crippen LogP contribution in [0.25, 0.3) is 0 Å². The van der Waals surface area contributed by atoms with Crippen LogP contribution in [0.15, 0.2) is 6.07 Å². The lowest BCUT2D eigenvalue weighted by atomic mass is 10.0. The lowest BCUT2D eigenvalue weighted by molar-refractivity contribution is 0.0507. The van der Waals surface area contributed by atoms with Gasteiger partial charge in [0.2, 0.25) is 0 Å². The Balaban J connectivity index is 2.18. The van der Waals surface area contributed by atoms with Crippen LogP contribution in [-0.4, -0.2) is 35.1 Å². The summed E-state index contributed by atoms with van der Waals surface area (Å²) in [4.78, 5) is 16.4. The molecular weight excluding hydrogens is 246 g/mol. The van der Waals surface area contributed by atoms with Crippen LogP contribution >= 0.6 is 11.3 Å². The summed E-state index contributed by atoms with van der Waals surface area (Å²) < 4.78 is 0. The molecule has 4 heteroatoms. The SMILES string of the molecule is CCc1cc(C(=O)N2CCCCC2CO)sc1C. The number of hydrogen-bond acceptors (Lipinski definition) is 3. The van der Waals surface area contributed by atoms with Crippen molar-refractivity contribution >= 4 is 17.2 Å². The van der Waals surface area contributed by atoms with E-state index in [1.807, 2.05) is 11.0 Å². The summed E-state index contributed by atoms with van der Waals surface area (Å²) in [6.45, 7) is 5.04. The first-order chi connectivity index (χ1) is 8.67. The highest BCUT2D eigenvalue weighted by Gasteiger charge is 2.27. The lowest BCUT2D eigenvalue weighted by Gasteiger charge is -2.34. The van der Waals surface area contributed by atoms with E-state index in [1.165, 1.54) is 10.4 Å². The van der Waals surface area contributed by atoms with Gasteiger partial charge in [-0.15, -0.1) is 11.3 Å². The van der Waals surface area contributed by atoms with Crippen LogP contribution < -0.4 is 0 Å². The fourth-order valence-electron chi connectivity index (χ4n) is 2.58. The van der Waals surface area contributed by atoms with Crippen LogP contribution in [0.4, 0.5) is 0 Å². The zero-order chi connectivity index (χ0) is 13.1. The van der Waals surface area contributed by atoms with Gasteiger partial charge in [0.15, 0.2) is 0 Å². The molecule has 0 saturated carbocycles. The average Bonchev–Trinajstić information content (AvgIpc) is 2.79. The first-order valence-electron chi connectivity index (χ1n) is 6.68. The number of aliphatic hydroxyl groups is 1. The summed E-state index contributed by atoms with van der Waals surface area (Å²) in [7, 11) is 0. The van der Waals surface area contributed by atoms with Gasteiger partial charge in [-0.05, 0) is 44.2 Å². The third kappa shape index (κ3) is 2.59. The minimum absolute atomic E-state index is 0.0127. The highest BCUT2D eigenvalue weighted by molar-refractivity contribution is 7.14. The minimum atomic E-state index is 0.0127. The first-order valence-corrected chi connectivity index (χ1v) is 7.50. The molecule has 1 saturated heterocycles. The average molecular weight is 267 g/mol. The smallest absolute Gasteiger partial charge is 0.264 e. The second-order valence-corrected chi connectivity index (χ2v) is 6.13. The minimum Gasteiger partial charge on any atom is -0.394 e. The number of amides is 1. The van der Waals surface area contributed by atoms with E-state index in [1.54, 1.807) is 11.3 Å². The topological polar surface area (TPSA) is 40.5 Å². The largest absolute Gasteiger partial charge is 0.394 e. The van der Waals surface area contributed by atoms with Crippen LogP contribution in [-0.2, 0) is 6.42 Å². The molecule has 1 atom stereocenters. The van der Waals surface area contributed by atoms with Crippen LogP contribution in [0.2, 0.25) is 0 Å². The molecule has 1 aliphatic heterocycles. The quantitative estimate of drug-likeness (QED) is 0.914. The molecule has 0 spiro atoms. The van der Waals surface area contributed by atoms with Crippen LogP contribution in [0.3, 0.4) is 0 Å². The number of thiophene rings is 1. The Hall–Kier alpha value is -0.870. The van der Waals surface area contributed by atoms with Gasteiger partial charge < -0.3 is 10.0 Å². The van der Waals surface area contributed by atoms with Gasteiger partial charge >= 0.3 is 0 Å². The van der Waals surface area contributed by atoms with Crippen LogP contribution in [0, 0.1) is 6.92 Å². The zero-order valence-corrected chi connectivity index (χ0v) is 11.9. The van der Waals surface area contributed by atoms with Gasteiger partial charge in [-0.2, -0.15) is 0 Å². The zero-order valence-electron chi connectivity index (χ0n) is 11.1. The molecule has 1 amide bonds. The van der Waals surface area contributed by atoms with E-state index in [2.05, 4.69) is 13.8 Å². The molecule has 1 N–H and O–H groups in total. The fourth-order valence-corrected chi connectivity index (χ4v) is 3.65. The number of carbonyl (C=O) groups is 1. The van der Waals surface area contributed by atoms with Crippen LogP contribution in [0.5, 0.6) is 0 Å². The van der Waals surface area contributed by atoms with Crippen molar-refractivity contribution in [2.45, 2.75) is 45.6 Å². The van der Waals surface area contributed by atoms with Gasteiger partial charge in [-0.1, -0.05) is 6.92 Å². The standard InChI is InChI=1S/C14H21NO2S/c1-3-11-8-13(18-10(11)2)14(17)15-7-5-4-6-12(15)9-16/h8,12,16H,3-7,9H2,1-2H3. The van der Waals surface area contributed by atoms with E-state index in [4.69, 9.17) is 0 Å². The Morgan fingerprint density at radius 1 is 1.56 bits per heavy atom. The Morgan fingerprint density at radius 2 is 2.33 bits per heavy atom. The Kier molecular flexibility index (Phi) is 4.40. The van der Waals surface area contributed by atoms with E-state index in [0.717, 1.165) is 37.1 Å². The third-order valence-corrected chi connectivity index (χ3v) is 4.79. The predicted octanol–water partition coefficient (Wildman–Crippen LogP) is 2.61. The van der Waals surface area contributed by atoms with Gasteiger partial charge in [0.05, 0.1) is 17.5 Å². The summed E-state index contributed by atoms with van der Waals surface area (Å²) >= 11 is 1.58. The second-order valence-electron chi connectivity index (χ2n) is 4.88. The Morgan fingerprint density at radius 3 is 2.94 bits per heavy atom. The monoisotopic (exact) mass is 267 g/mol. The van der Waals surface area contributed by atoms with Crippen molar-refractivity contribution in [3.8, 4) is 0 Å². The van der Waals surface area contributed by atoms with Gasteiger partial charge in [0, 0.05) is 11.4 Å². The van der Waals surface area contributed by atoms with Gasteiger partial charge in [0.25, 0.3) is 5.91 Å². The van der Waals surface area contributed by atoms with Gasteiger partial charge in [-0.3, -0.25) is 4.79 Å². The maximum Gasteiger partial charge on any atom is 0.264 e. The summed E-state index contributed by atoms with van der Waals surface area (Å²) in [6.07, 6.45) is 4.05. The maximum atomic E-state index is 12.5. The number of aliphatic hydroxyl groups excluding tert-OH is 1.